The number of pyridine rings is 1. The topological polar surface area (TPSA) is 80.8 Å². The standard InChI is InChI=1S/C21H22FN3O4/c1-28-19-7-4-13(9-17(19)22)21(27)25-12-16(29-15-3-2-8-23-11-15)10-18(25)20(26)24-14-5-6-14/h2-4,7-9,11,14,16,18H,5-6,10,12H2,1H3,(H,24,26)/t16-,18-/m0/s1. The number of ether oxygens (including phenoxy) is 2. The summed E-state index contributed by atoms with van der Waals surface area (Å²) in [6, 6.07) is 7.06. The lowest BCUT2D eigenvalue weighted by Crippen LogP contribution is -2.46. The second kappa shape index (κ2) is 8.06. The molecule has 152 valence electrons. The van der Waals surface area contributed by atoms with Gasteiger partial charge in [0.25, 0.3) is 5.91 Å². The number of benzene rings is 1. The van der Waals surface area contributed by atoms with E-state index in [9.17, 15) is 14.0 Å². The molecule has 1 N–H and O–H groups in total. The van der Waals surface area contributed by atoms with Crippen molar-refractivity contribution in [3.05, 3.63) is 54.1 Å². The minimum absolute atomic E-state index is 0.0591. The summed E-state index contributed by atoms with van der Waals surface area (Å²) in [6.45, 7) is 0.226. The fraction of sp³-hybridized carbons (Fsp3) is 0.381. The molecule has 1 aliphatic carbocycles. The number of rotatable bonds is 6. The molecule has 0 radical (unpaired) electrons. The fourth-order valence-electron chi connectivity index (χ4n) is 3.46. The highest BCUT2D eigenvalue weighted by Gasteiger charge is 2.42. The normalized spacial score (nSPS) is 21.0. The van der Waals surface area contributed by atoms with Crippen molar-refractivity contribution in [2.45, 2.75) is 37.5 Å². The number of nitrogens with zero attached hydrogens (tertiary/aromatic N) is 2. The van der Waals surface area contributed by atoms with Crippen LogP contribution in [-0.2, 0) is 4.79 Å². The average molecular weight is 399 g/mol. The van der Waals surface area contributed by atoms with Crippen LogP contribution in [0.1, 0.15) is 29.6 Å². The second-order valence-electron chi connectivity index (χ2n) is 7.27. The molecule has 4 rings (SSSR count). The van der Waals surface area contributed by atoms with Gasteiger partial charge in [0.2, 0.25) is 5.91 Å². The molecule has 1 saturated carbocycles. The number of nitrogens with one attached hydrogen (secondary N) is 1. The molecule has 2 aromatic rings. The van der Waals surface area contributed by atoms with Crippen molar-refractivity contribution in [1.82, 2.24) is 15.2 Å². The Morgan fingerprint density at radius 1 is 1.28 bits per heavy atom. The van der Waals surface area contributed by atoms with Crippen LogP contribution in [0.25, 0.3) is 0 Å². The van der Waals surface area contributed by atoms with Gasteiger partial charge < -0.3 is 19.7 Å². The van der Waals surface area contributed by atoms with Crippen molar-refractivity contribution in [3.8, 4) is 11.5 Å². The predicted molar refractivity (Wildman–Crippen MR) is 102 cm³/mol. The van der Waals surface area contributed by atoms with Gasteiger partial charge in [-0.15, -0.1) is 0 Å². The number of amides is 2. The monoisotopic (exact) mass is 399 g/mol. The quantitative estimate of drug-likeness (QED) is 0.805. The molecule has 1 saturated heterocycles. The van der Waals surface area contributed by atoms with E-state index < -0.39 is 17.8 Å². The molecule has 1 aromatic carbocycles. The van der Waals surface area contributed by atoms with Crippen LogP contribution >= 0.6 is 0 Å². The zero-order chi connectivity index (χ0) is 20.4. The van der Waals surface area contributed by atoms with E-state index in [2.05, 4.69) is 10.3 Å². The highest BCUT2D eigenvalue weighted by atomic mass is 19.1. The van der Waals surface area contributed by atoms with E-state index in [4.69, 9.17) is 9.47 Å². The van der Waals surface area contributed by atoms with Gasteiger partial charge in [-0.1, -0.05) is 0 Å². The van der Waals surface area contributed by atoms with Crippen molar-refractivity contribution in [3.63, 3.8) is 0 Å². The molecule has 8 heteroatoms. The number of carbonyl (C=O) groups excluding carboxylic acids is 2. The SMILES string of the molecule is COc1ccc(C(=O)N2C[C@@H](Oc3cccnc3)C[C@H]2C(=O)NC2CC2)cc1F. The van der Waals surface area contributed by atoms with Crippen LogP contribution < -0.4 is 14.8 Å². The number of methoxy groups -OCH3 is 1. The van der Waals surface area contributed by atoms with E-state index >= 15 is 0 Å². The maximum atomic E-state index is 14.1. The molecule has 2 aliphatic rings. The summed E-state index contributed by atoms with van der Waals surface area (Å²) in [5.41, 5.74) is 0.162. The van der Waals surface area contributed by atoms with Gasteiger partial charge in [0.05, 0.1) is 19.9 Å². The third kappa shape index (κ3) is 4.31. The molecule has 2 amide bonds. The molecule has 2 fully saturated rings. The summed E-state index contributed by atoms with van der Waals surface area (Å²) in [6.07, 6.45) is 5.13. The minimum Gasteiger partial charge on any atom is -0.494 e. The van der Waals surface area contributed by atoms with Gasteiger partial charge in [-0.3, -0.25) is 14.6 Å². The Hall–Kier alpha value is -3.16. The fourth-order valence-corrected chi connectivity index (χ4v) is 3.46. The largest absolute Gasteiger partial charge is 0.494 e. The zero-order valence-corrected chi connectivity index (χ0v) is 16.0. The summed E-state index contributed by atoms with van der Waals surface area (Å²) in [4.78, 5) is 31.3. The first-order valence-corrected chi connectivity index (χ1v) is 9.56. The maximum absolute atomic E-state index is 14.1. The lowest BCUT2D eigenvalue weighted by atomic mass is 10.1. The Kier molecular flexibility index (Phi) is 5.33. The van der Waals surface area contributed by atoms with Gasteiger partial charge in [0, 0.05) is 24.2 Å². The van der Waals surface area contributed by atoms with Gasteiger partial charge >= 0.3 is 0 Å². The molecule has 0 spiro atoms. The van der Waals surface area contributed by atoms with Gasteiger partial charge in [-0.2, -0.15) is 0 Å². The van der Waals surface area contributed by atoms with Crippen LogP contribution in [0, 0.1) is 5.82 Å². The lowest BCUT2D eigenvalue weighted by molar-refractivity contribution is -0.125. The maximum Gasteiger partial charge on any atom is 0.254 e. The van der Waals surface area contributed by atoms with E-state index in [0.717, 1.165) is 18.9 Å². The highest BCUT2D eigenvalue weighted by Crippen LogP contribution is 2.27. The number of carbonyl (C=O) groups is 2. The molecule has 2 atom stereocenters. The van der Waals surface area contributed by atoms with Crippen molar-refractivity contribution < 1.29 is 23.5 Å². The molecule has 29 heavy (non-hydrogen) atoms. The Morgan fingerprint density at radius 2 is 2.10 bits per heavy atom. The van der Waals surface area contributed by atoms with E-state index in [0.29, 0.717) is 12.2 Å². The number of aromatic nitrogens is 1. The van der Waals surface area contributed by atoms with Crippen molar-refractivity contribution in [2.75, 3.05) is 13.7 Å². The van der Waals surface area contributed by atoms with Gasteiger partial charge in [0.15, 0.2) is 11.6 Å². The van der Waals surface area contributed by atoms with E-state index in [-0.39, 0.29) is 35.9 Å². The summed E-state index contributed by atoms with van der Waals surface area (Å²) >= 11 is 0. The molecule has 1 aliphatic heterocycles. The van der Waals surface area contributed by atoms with E-state index in [1.165, 1.54) is 24.1 Å². The van der Waals surface area contributed by atoms with E-state index in [1.54, 1.807) is 24.5 Å². The van der Waals surface area contributed by atoms with Gasteiger partial charge in [-0.25, -0.2) is 4.39 Å². The molecular weight excluding hydrogens is 377 g/mol. The zero-order valence-electron chi connectivity index (χ0n) is 16.0. The summed E-state index contributed by atoms with van der Waals surface area (Å²) in [5.74, 6) is -0.612. The number of hydrogen-bond donors (Lipinski definition) is 1. The first-order chi connectivity index (χ1) is 14.0. The smallest absolute Gasteiger partial charge is 0.254 e. The Labute approximate surface area is 167 Å². The lowest BCUT2D eigenvalue weighted by Gasteiger charge is -2.23. The first-order valence-electron chi connectivity index (χ1n) is 9.56. The van der Waals surface area contributed by atoms with E-state index in [1.807, 2.05) is 0 Å². The average Bonchev–Trinajstić information content (AvgIpc) is 3.44. The Balaban J connectivity index is 1.54. The summed E-state index contributed by atoms with van der Waals surface area (Å²) < 4.78 is 24.9. The summed E-state index contributed by atoms with van der Waals surface area (Å²) in [7, 11) is 1.36. The first kappa shape index (κ1) is 19.2. The number of halogens is 1. The van der Waals surface area contributed by atoms with Crippen LogP contribution in [0.5, 0.6) is 11.5 Å². The molecule has 0 unspecified atom stereocenters. The molecular formula is C21H22FN3O4. The van der Waals surface area contributed by atoms with Crippen molar-refractivity contribution in [2.24, 2.45) is 0 Å². The van der Waals surface area contributed by atoms with Crippen LogP contribution in [0.3, 0.4) is 0 Å². The predicted octanol–water partition coefficient (Wildman–Crippen LogP) is 2.17. The molecule has 0 bridgehead atoms. The highest BCUT2D eigenvalue weighted by molar-refractivity contribution is 5.98. The van der Waals surface area contributed by atoms with Gasteiger partial charge in [0.1, 0.15) is 17.9 Å². The second-order valence-corrected chi connectivity index (χ2v) is 7.27. The number of hydrogen-bond acceptors (Lipinski definition) is 5. The Morgan fingerprint density at radius 3 is 2.76 bits per heavy atom. The third-order valence-corrected chi connectivity index (χ3v) is 5.09. The van der Waals surface area contributed by atoms with Crippen LogP contribution in [0.4, 0.5) is 4.39 Å². The minimum atomic E-state index is -0.671. The van der Waals surface area contributed by atoms with Crippen molar-refractivity contribution >= 4 is 11.8 Å². The van der Waals surface area contributed by atoms with Crippen LogP contribution in [0.15, 0.2) is 42.7 Å². The molecule has 7 nitrogen and oxygen atoms in total. The number of likely N-dealkylation sites (tertiary alicyclic amines) is 1. The molecule has 1 aromatic heterocycles. The molecule has 2 heterocycles. The van der Waals surface area contributed by atoms with Crippen molar-refractivity contribution in [1.29, 1.82) is 0 Å². The third-order valence-electron chi connectivity index (χ3n) is 5.09. The van der Waals surface area contributed by atoms with Crippen LogP contribution in [-0.4, -0.2) is 53.5 Å². The van der Waals surface area contributed by atoms with Gasteiger partial charge in [-0.05, 0) is 43.2 Å². The van der Waals surface area contributed by atoms with Crippen LogP contribution in [0.2, 0.25) is 0 Å². The Bertz CT molecular complexity index is 904. The summed E-state index contributed by atoms with van der Waals surface area (Å²) in [5, 5.41) is 2.95.